The molecule has 176 valence electrons. The number of esters is 1. The van der Waals surface area contributed by atoms with E-state index >= 15 is 8.78 Å². The number of hydrogen-bond acceptors (Lipinski definition) is 5. The van der Waals surface area contributed by atoms with Crippen LogP contribution in [0.25, 0.3) is 33.4 Å². The van der Waals surface area contributed by atoms with E-state index in [1.54, 1.807) is 37.3 Å². The van der Waals surface area contributed by atoms with E-state index in [1.807, 2.05) is 0 Å². The zero-order chi connectivity index (χ0) is 24.5. The fourth-order valence-corrected chi connectivity index (χ4v) is 5.25. The van der Waals surface area contributed by atoms with Crippen molar-refractivity contribution in [1.29, 1.82) is 0 Å². The van der Waals surface area contributed by atoms with Gasteiger partial charge in [0, 0.05) is 16.5 Å². The highest BCUT2D eigenvalue weighted by atomic mass is 19.1. The molecule has 6 nitrogen and oxygen atoms in total. The highest BCUT2D eigenvalue weighted by Crippen LogP contribution is 2.44. The van der Waals surface area contributed by atoms with Gasteiger partial charge in [-0.15, -0.1) is 0 Å². The smallest absolute Gasteiger partial charge is 0.309 e. The summed E-state index contributed by atoms with van der Waals surface area (Å²) in [6.45, 7) is 1.51. The maximum absolute atomic E-state index is 15.0. The molecule has 2 aromatic heterocycles. The number of cyclic esters (lactones) is 1. The third-order valence-corrected chi connectivity index (χ3v) is 7.07. The Labute approximate surface area is 198 Å². The first-order valence-corrected chi connectivity index (χ1v) is 11.3. The Morgan fingerprint density at radius 3 is 2.54 bits per heavy atom. The molecule has 4 aromatic rings. The highest BCUT2D eigenvalue weighted by molar-refractivity contribution is 6.00. The van der Waals surface area contributed by atoms with Crippen LogP contribution in [-0.4, -0.2) is 20.6 Å². The van der Waals surface area contributed by atoms with Gasteiger partial charge in [0.1, 0.15) is 23.8 Å². The second kappa shape index (κ2) is 7.55. The monoisotopic (exact) mass is 474 g/mol. The fourth-order valence-electron chi connectivity index (χ4n) is 5.25. The average molecular weight is 474 g/mol. The highest BCUT2D eigenvalue weighted by Gasteiger charge is 2.40. The predicted octanol–water partition coefficient (Wildman–Crippen LogP) is 4.41. The fraction of sp³-hybridized carbons (Fsp3) is 0.222. The number of hydrogen-bond donors (Lipinski definition) is 1. The van der Waals surface area contributed by atoms with Crippen molar-refractivity contribution in [3.8, 4) is 22.5 Å². The van der Waals surface area contributed by atoms with Gasteiger partial charge in [-0.05, 0) is 36.2 Å². The maximum Gasteiger partial charge on any atom is 0.309 e. The van der Waals surface area contributed by atoms with Crippen LogP contribution >= 0.6 is 0 Å². The molecule has 2 aliphatic rings. The number of halogens is 2. The van der Waals surface area contributed by atoms with Gasteiger partial charge in [-0.2, -0.15) is 0 Å². The van der Waals surface area contributed by atoms with Crippen LogP contribution < -0.4 is 5.56 Å². The minimum atomic E-state index is -1.57. The Balaban J connectivity index is 1.70. The molecular weight excluding hydrogens is 454 g/mol. The van der Waals surface area contributed by atoms with Gasteiger partial charge in [-0.1, -0.05) is 31.2 Å². The lowest BCUT2D eigenvalue weighted by atomic mass is 9.85. The first-order valence-electron chi connectivity index (χ1n) is 11.3. The zero-order valence-electron chi connectivity index (χ0n) is 18.8. The summed E-state index contributed by atoms with van der Waals surface area (Å²) in [7, 11) is 0. The SMILES string of the molecule is CC[C@@]1(O)CC(=O)OCc2c1cc1n(c2=O)Cc2c-1nc1ccccc1c2-c1c(F)cccc1F. The molecule has 0 bridgehead atoms. The van der Waals surface area contributed by atoms with Gasteiger partial charge in [-0.3, -0.25) is 9.59 Å². The van der Waals surface area contributed by atoms with Crippen LogP contribution in [0, 0.1) is 11.6 Å². The van der Waals surface area contributed by atoms with E-state index < -0.39 is 28.8 Å². The van der Waals surface area contributed by atoms with Crippen molar-refractivity contribution in [3.63, 3.8) is 0 Å². The molecule has 0 amide bonds. The topological polar surface area (TPSA) is 81.4 Å². The summed E-state index contributed by atoms with van der Waals surface area (Å²) in [6, 6.07) is 12.4. The second-order valence-corrected chi connectivity index (χ2v) is 8.96. The van der Waals surface area contributed by atoms with Gasteiger partial charge in [0.2, 0.25) is 0 Å². The molecule has 0 aliphatic carbocycles. The van der Waals surface area contributed by atoms with E-state index in [9.17, 15) is 14.7 Å². The van der Waals surface area contributed by atoms with Crippen molar-refractivity contribution < 1.29 is 23.4 Å². The normalized spacial score (nSPS) is 18.6. The molecule has 35 heavy (non-hydrogen) atoms. The lowest BCUT2D eigenvalue weighted by Gasteiger charge is -2.26. The number of carbonyl (C=O) groups is 1. The first-order chi connectivity index (χ1) is 16.8. The minimum Gasteiger partial charge on any atom is -0.460 e. The number of pyridine rings is 2. The van der Waals surface area contributed by atoms with E-state index in [0.29, 0.717) is 39.0 Å². The summed E-state index contributed by atoms with van der Waals surface area (Å²) in [4.78, 5) is 30.5. The van der Waals surface area contributed by atoms with Crippen LogP contribution in [0.3, 0.4) is 0 Å². The number of aromatic nitrogens is 2. The lowest BCUT2D eigenvalue weighted by molar-refractivity contribution is -0.149. The van der Waals surface area contributed by atoms with Gasteiger partial charge in [-0.25, -0.2) is 13.8 Å². The molecule has 0 fully saturated rings. The van der Waals surface area contributed by atoms with Crippen LogP contribution in [0.15, 0.2) is 53.3 Å². The van der Waals surface area contributed by atoms with Crippen LogP contribution in [0.2, 0.25) is 0 Å². The Kier molecular flexibility index (Phi) is 4.66. The predicted molar refractivity (Wildman–Crippen MR) is 124 cm³/mol. The van der Waals surface area contributed by atoms with E-state index in [2.05, 4.69) is 0 Å². The quantitative estimate of drug-likeness (QED) is 0.383. The number of fused-ring (bicyclic) bond motifs is 5. The number of nitrogens with zero attached hydrogens (tertiary/aromatic N) is 2. The number of para-hydroxylation sites is 1. The molecule has 1 atom stereocenters. The zero-order valence-corrected chi connectivity index (χ0v) is 18.8. The molecule has 4 heterocycles. The van der Waals surface area contributed by atoms with Crippen molar-refractivity contribution in [3.05, 3.63) is 87.2 Å². The van der Waals surface area contributed by atoms with E-state index in [4.69, 9.17) is 9.72 Å². The Morgan fingerprint density at radius 1 is 1.06 bits per heavy atom. The van der Waals surface area contributed by atoms with E-state index in [1.165, 1.54) is 22.8 Å². The number of ether oxygens (including phenoxy) is 1. The van der Waals surface area contributed by atoms with Crippen LogP contribution in [-0.2, 0) is 28.3 Å². The molecule has 2 aliphatic heterocycles. The van der Waals surface area contributed by atoms with Crippen LogP contribution in [0.5, 0.6) is 0 Å². The summed E-state index contributed by atoms with van der Waals surface area (Å²) < 4.78 is 36.7. The summed E-state index contributed by atoms with van der Waals surface area (Å²) in [5.74, 6) is -2.01. The van der Waals surface area contributed by atoms with Gasteiger partial charge >= 0.3 is 5.97 Å². The van der Waals surface area contributed by atoms with Crippen LogP contribution in [0.1, 0.15) is 36.5 Å². The van der Waals surface area contributed by atoms with Crippen molar-refractivity contribution in [1.82, 2.24) is 9.55 Å². The molecule has 0 saturated carbocycles. The summed E-state index contributed by atoms with van der Waals surface area (Å²) in [5.41, 5.74) is 0.554. The van der Waals surface area contributed by atoms with Gasteiger partial charge < -0.3 is 14.4 Å². The summed E-state index contributed by atoms with van der Waals surface area (Å²) in [6.07, 6.45) is -0.0786. The largest absolute Gasteiger partial charge is 0.460 e. The Morgan fingerprint density at radius 2 is 1.80 bits per heavy atom. The Hall–Kier alpha value is -3.91. The third kappa shape index (κ3) is 3.06. The van der Waals surface area contributed by atoms with Gasteiger partial charge in [0.15, 0.2) is 0 Å². The van der Waals surface area contributed by atoms with Crippen molar-refractivity contribution >= 4 is 16.9 Å². The molecule has 0 radical (unpaired) electrons. The number of benzene rings is 2. The molecule has 0 unspecified atom stereocenters. The number of carbonyl (C=O) groups excluding carboxylic acids is 1. The summed E-state index contributed by atoms with van der Waals surface area (Å²) in [5, 5.41) is 11.9. The minimum absolute atomic E-state index is 0.0379. The standard InChI is InChI=1S/C27H20F2N2O4/c1-2-27(34)11-22(32)35-13-16-17(27)10-21-25-15(12-31(21)26(16)33)23(14-6-3-4-9-20(14)30-25)24-18(28)7-5-8-19(24)29/h3-10,34H,2,11-13H2,1H3/t27-/m1/s1. The van der Waals surface area contributed by atoms with Crippen molar-refractivity contribution in [2.45, 2.75) is 38.5 Å². The molecule has 1 N–H and O–H groups in total. The van der Waals surface area contributed by atoms with E-state index in [-0.39, 0.29) is 37.1 Å². The van der Waals surface area contributed by atoms with Crippen molar-refractivity contribution in [2.24, 2.45) is 0 Å². The maximum atomic E-state index is 15.0. The Bertz CT molecular complexity index is 1610. The molecular formula is C27H20F2N2O4. The number of aliphatic hydroxyl groups is 1. The molecule has 0 saturated heterocycles. The van der Waals surface area contributed by atoms with Gasteiger partial charge in [0.25, 0.3) is 5.56 Å². The summed E-state index contributed by atoms with van der Waals surface area (Å²) >= 11 is 0. The molecule has 6 rings (SSSR count). The van der Waals surface area contributed by atoms with Crippen molar-refractivity contribution in [2.75, 3.05) is 0 Å². The number of rotatable bonds is 2. The third-order valence-electron chi connectivity index (χ3n) is 7.07. The van der Waals surface area contributed by atoms with Crippen LogP contribution in [0.4, 0.5) is 8.78 Å². The molecule has 0 spiro atoms. The second-order valence-electron chi connectivity index (χ2n) is 8.96. The lowest BCUT2D eigenvalue weighted by Crippen LogP contribution is -2.32. The first kappa shape index (κ1) is 21.6. The molecule has 8 heteroatoms. The van der Waals surface area contributed by atoms with Gasteiger partial charge in [0.05, 0.1) is 41.0 Å². The average Bonchev–Trinajstić information content (AvgIpc) is 3.14. The molecule has 2 aromatic carbocycles. The van der Waals surface area contributed by atoms with E-state index in [0.717, 1.165) is 0 Å².